The summed E-state index contributed by atoms with van der Waals surface area (Å²) in [5.74, 6) is -2.37. The van der Waals surface area contributed by atoms with Gasteiger partial charge in [0.1, 0.15) is 6.04 Å². The van der Waals surface area contributed by atoms with E-state index in [-0.39, 0.29) is 23.7 Å². The van der Waals surface area contributed by atoms with Crippen LogP contribution in [0, 0.1) is 23.5 Å². The first kappa shape index (κ1) is 20.3. The lowest BCUT2D eigenvalue weighted by Crippen LogP contribution is -2.51. The number of carbonyl (C=O) groups excluding carboxylic acids is 2. The zero-order valence-electron chi connectivity index (χ0n) is 15.6. The Balaban J connectivity index is 2.00. The van der Waals surface area contributed by atoms with Gasteiger partial charge in [-0.05, 0) is 43.4 Å². The zero-order chi connectivity index (χ0) is 19.3. The highest BCUT2D eigenvalue weighted by molar-refractivity contribution is 5.88. The molecule has 0 aromatic heterocycles. The van der Waals surface area contributed by atoms with E-state index in [0.717, 1.165) is 44.2 Å². The molecule has 2 atom stereocenters. The van der Waals surface area contributed by atoms with E-state index in [0.29, 0.717) is 5.56 Å². The SMILES string of the molecule is CC(NC(=O)C(NC(=O)C1CCCCC1)C(C)C)c1ccc(F)c(F)c1. The molecule has 0 spiro atoms. The third-order valence-electron chi connectivity index (χ3n) is 5.03. The van der Waals surface area contributed by atoms with E-state index in [4.69, 9.17) is 0 Å². The van der Waals surface area contributed by atoms with Crippen LogP contribution in [0.3, 0.4) is 0 Å². The summed E-state index contributed by atoms with van der Waals surface area (Å²) in [7, 11) is 0. The normalized spacial score (nSPS) is 17.6. The maximum Gasteiger partial charge on any atom is 0.243 e. The summed E-state index contributed by atoms with van der Waals surface area (Å²) in [5, 5.41) is 5.67. The molecule has 0 aliphatic heterocycles. The van der Waals surface area contributed by atoms with Crippen LogP contribution in [0.25, 0.3) is 0 Å². The van der Waals surface area contributed by atoms with Crippen molar-refractivity contribution in [2.24, 2.45) is 11.8 Å². The van der Waals surface area contributed by atoms with E-state index < -0.39 is 23.7 Å². The van der Waals surface area contributed by atoms with Crippen LogP contribution in [0.15, 0.2) is 18.2 Å². The topological polar surface area (TPSA) is 58.2 Å². The fourth-order valence-electron chi connectivity index (χ4n) is 3.34. The molecule has 4 nitrogen and oxygen atoms in total. The smallest absolute Gasteiger partial charge is 0.243 e. The van der Waals surface area contributed by atoms with Crippen LogP contribution in [0.4, 0.5) is 8.78 Å². The molecule has 1 aromatic carbocycles. The van der Waals surface area contributed by atoms with Gasteiger partial charge in [0.15, 0.2) is 11.6 Å². The van der Waals surface area contributed by atoms with Crippen molar-refractivity contribution in [2.75, 3.05) is 0 Å². The van der Waals surface area contributed by atoms with Gasteiger partial charge in [0.05, 0.1) is 6.04 Å². The molecule has 2 rings (SSSR count). The number of hydrogen-bond acceptors (Lipinski definition) is 2. The highest BCUT2D eigenvalue weighted by Gasteiger charge is 2.29. The molecular formula is C20H28F2N2O2. The number of benzene rings is 1. The molecule has 1 fully saturated rings. The van der Waals surface area contributed by atoms with E-state index in [1.165, 1.54) is 6.07 Å². The monoisotopic (exact) mass is 366 g/mol. The minimum atomic E-state index is -0.949. The quantitative estimate of drug-likeness (QED) is 0.803. The van der Waals surface area contributed by atoms with Gasteiger partial charge in [-0.25, -0.2) is 8.78 Å². The highest BCUT2D eigenvalue weighted by Crippen LogP contribution is 2.24. The largest absolute Gasteiger partial charge is 0.348 e. The number of hydrogen-bond donors (Lipinski definition) is 2. The third-order valence-corrected chi connectivity index (χ3v) is 5.03. The van der Waals surface area contributed by atoms with E-state index in [9.17, 15) is 18.4 Å². The van der Waals surface area contributed by atoms with E-state index in [2.05, 4.69) is 10.6 Å². The van der Waals surface area contributed by atoms with Gasteiger partial charge >= 0.3 is 0 Å². The molecule has 144 valence electrons. The molecule has 0 heterocycles. The number of nitrogens with one attached hydrogen (secondary N) is 2. The van der Waals surface area contributed by atoms with Gasteiger partial charge in [0, 0.05) is 5.92 Å². The Morgan fingerprint density at radius 2 is 1.65 bits per heavy atom. The van der Waals surface area contributed by atoms with E-state index >= 15 is 0 Å². The Morgan fingerprint density at radius 1 is 1.00 bits per heavy atom. The predicted octanol–water partition coefficient (Wildman–Crippen LogP) is 3.86. The lowest BCUT2D eigenvalue weighted by Gasteiger charge is -2.27. The van der Waals surface area contributed by atoms with Crippen molar-refractivity contribution >= 4 is 11.8 Å². The molecule has 0 bridgehead atoms. The van der Waals surface area contributed by atoms with Gasteiger partial charge in [0.2, 0.25) is 11.8 Å². The molecule has 0 saturated heterocycles. The van der Waals surface area contributed by atoms with Crippen molar-refractivity contribution in [3.8, 4) is 0 Å². The first-order chi connectivity index (χ1) is 12.3. The maximum absolute atomic E-state index is 13.4. The van der Waals surface area contributed by atoms with Crippen molar-refractivity contribution in [2.45, 2.75) is 65.0 Å². The molecule has 1 aliphatic rings. The summed E-state index contributed by atoms with van der Waals surface area (Å²) < 4.78 is 26.5. The zero-order valence-corrected chi connectivity index (χ0v) is 15.6. The second-order valence-electron chi connectivity index (χ2n) is 7.47. The van der Waals surface area contributed by atoms with Crippen LogP contribution in [0.2, 0.25) is 0 Å². The number of halogens is 2. The van der Waals surface area contributed by atoms with Crippen LogP contribution in [0.5, 0.6) is 0 Å². The lowest BCUT2D eigenvalue weighted by atomic mass is 9.88. The predicted molar refractivity (Wildman–Crippen MR) is 96.3 cm³/mol. The summed E-state index contributed by atoms with van der Waals surface area (Å²) >= 11 is 0. The molecule has 2 N–H and O–H groups in total. The van der Waals surface area contributed by atoms with Gasteiger partial charge in [-0.3, -0.25) is 9.59 Å². The summed E-state index contributed by atoms with van der Waals surface area (Å²) in [6.45, 7) is 5.44. The van der Waals surface area contributed by atoms with Crippen LogP contribution >= 0.6 is 0 Å². The highest BCUT2D eigenvalue weighted by atomic mass is 19.2. The Labute approximate surface area is 153 Å². The minimum absolute atomic E-state index is 0.0265. The molecule has 0 radical (unpaired) electrons. The van der Waals surface area contributed by atoms with E-state index in [1.54, 1.807) is 6.92 Å². The minimum Gasteiger partial charge on any atom is -0.348 e. The van der Waals surface area contributed by atoms with Gasteiger partial charge in [0.25, 0.3) is 0 Å². The lowest BCUT2D eigenvalue weighted by molar-refractivity contribution is -0.133. The molecular weight excluding hydrogens is 338 g/mol. The van der Waals surface area contributed by atoms with E-state index in [1.807, 2.05) is 13.8 Å². The summed E-state index contributed by atoms with van der Waals surface area (Å²) in [5.41, 5.74) is 0.471. The fraction of sp³-hybridized carbons (Fsp3) is 0.600. The van der Waals surface area contributed by atoms with Crippen molar-refractivity contribution in [1.29, 1.82) is 0 Å². The van der Waals surface area contributed by atoms with Crippen molar-refractivity contribution < 1.29 is 18.4 Å². The molecule has 26 heavy (non-hydrogen) atoms. The summed E-state index contributed by atoms with van der Waals surface area (Å²) in [6.07, 6.45) is 4.98. The molecule has 1 aliphatic carbocycles. The molecule has 6 heteroatoms. The van der Waals surface area contributed by atoms with Crippen LogP contribution < -0.4 is 10.6 Å². The summed E-state index contributed by atoms with van der Waals surface area (Å²) in [6, 6.07) is 2.40. The number of rotatable bonds is 6. The number of amides is 2. The van der Waals surface area contributed by atoms with Gasteiger partial charge in [-0.1, -0.05) is 39.2 Å². The number of carbonyl (C=O) groups is 2. The maximum atomic E-state index is 13.4. The Morgan fingerprint density at radius 3 is 2.23 bits per heavy atom. The van der Waals surface area contributed by atoms with Gasteiger partial charge in [-0.2, -0.15) is 0 Å². The Hall–Kier alpha value is -1.98. The summed E-state index contributed by atoms with van der Waals surface area (Å²) in [4.78, 5) is 25.1. The second-order valence-corrected chi connectivity index (χ2v) is 7.47. The van der Waals surface area contributed by atoms with Crippen LogP contribution in [-0.4, -0.2) is 17.9 Å². The molecule has 2 unspecified atom stereocenters. The third kappa shape index (κ3) is 5.26. The van der Waals surface area contributed by atoms with Crippen molar-refractivity contribution in [3.05, 3.63) is 35.4 Å². The first-order valence-electron chi connectivity index (χ1n) is 9.35. The molecule has 1 saturated carbocycles. The van der Waals surface area contributed by atoms with Crippen LogP contribution in [-0.2, 0) is 9.59 Å². The van der Waals surface area contributed by atoms with Crippen molar-refractivity contribution in [3.63, 3.8) is 0 Å². The molecule has 1 aromatic rings. The fourth-order valence-corrected chi connectivity index (χ4v) is 3.34. The Bertz CT molecular complexity index is 643. The molecule has 2 amide bonds. The second kappa shape index (κ2) is 9.10. The average Bonchev–Trinajstić information content (AvgIpc) is 2.62. The standard InChI is InChI=1S/C20H28F2N2O2/c1-12(2)18(24-19(25)14-7-5-4-6-8-14)20(26)23-13(3)15-9-10-16(21)17(22)11-15/h9-14,18H,4-8H2,1-3H3,(H,23,26)(H,24,25). The van der Waals surface area contributed by atoms with Crippen LogP contribution in [0.1, 0.15) is 64.5 Å². The Kier molecular flexibility index (Phi) is 7.12. The van der Waals surface area contributed by atoms with Gasteiger partial charge in [-0.15, -0.1) is 0 Å². The average molecular weight is 366 g/mol. The first-order valence-corrected chi connectivity index (χ1v) is 9.35. The van der Waals surface area contributed by atoms with Gasteiger partial charge < -0.3 is 10.6 Å². The van der Waals surface area contributed by atoms with Crippen molar-refractivity contribution in [1.82, 2.24) is 10.6 Å².